The minimum Gasteiger partial charge on any atom is -0.459 e. The van der Waals surface area contributed by atoms with Crippen molar-refractivity contribution in [2.75, 3.05) is 0 Å². The van der Waals surface area contributed by atoms with Crippen molar-refractivity contribution in [1.82, 2.24) is 0 Å². The summed E-state index contributed by atoms with van der Waals surface area (Å²) < 4.78 is 5.33. The zero-order valence-corrected chi connectivity index (χ0v) is 7.95. The van der Waals surface area contributed by atoms with E-state index in [1.807, 2.05) is 0 Å². The Morgan fingerprint density at radius 1 is 1.46 bits per heavy atom. The van der Waals surface area contributed by atoms with Gasteiger partial charge in [0.25, 0.3) is 0 Å². The Balaban J connectivity index is 1.97. The molecule has 3 atom stereocenters. The smallest absolute Gasteiger partial charge is 0.303 e. The molecule has 0 amide bonds. The second kappa shape index (κ2) is 2.98. The first-order chi connectivity index (χ1) is 6.12. The molecule has 2 rings (SSSR count). The molecule has 13 heavy (non-hydrogen) atoms. The number of hydrogen-bond acceptors (Lipinski definition) is 3. The summed E-state index contributed by atoms with van der Waals surface area (Å²) in [6.45, 7) is 1.46. The van der Waals surface area contributed by atoms with Gasteiger partial charge in [0.2, 0.25) is 0 Å². The van der Waals surface area contributed by atoms with E-state index >= 15 is 0 Å². The average molecular weight is 184 g/mol. The van der Waals surface area contributed by atoms with Crippen LogP contribution in [0.5, 0.6) is 0 Å². The summed E-state index contributed by atoms with van der Waals surface area (Å²) >= 11 is 0. The summed E-state index contributed by atoms with van der Waals surface area (Å²) in [5, 5.41) is 9.44. The maximum absolute atomic E-state index is 10.9. The van der Waals surface area contributed by atoms with Gasteiger partial charge in [-0.1, -0.05) is 0 Å². The van der Waals surface area contributed by atoms with Crippen molar-refractivity contribution in [1.29, 1.82) is 0 Å². The Hall–Kier alpha value is -0.570. The second-order valence-corrected chi connectivity index (χ2v) is 4.33. The molecule has 0 bridgehead atoms. The van der Waals surface area contributed by atoms with Crippen LogP contribution in [-0.2, 0) is 9.53 Å². The third kappa shape index (κ3) is 1.70. The number of carbonyl (C=O) groups excluding carboxylic acids is 1. The van der Waals surface area contributed by atoms with E-state index in [9.17, 15) is 9.90 Å². The van der Waals surface area contributed by atoms with E-state index in [2.05, 4.69) is 0 Å². The summed E-state index contributed by atoms with van der Waals surface area (Å²) in [5.74, 6) is 0.340. The highest BCUT2D eigenvalue weighted by Gasteiger charge is 2.57. The Morgan fingerprint density at radius 2 is 2.23 bits per heavy atom. The first-order valence-corrected chi connectivity index (χ1v) is 5.00. The fourth-order valence-corrected chi connectivity index (χ4v) is 2.44. The largest absolute Gasteiger partial charge is 0.459 e. The molecule has 3 nitrogen and oxygen atoms in total. The minimum absolute atomic E-state index is 0.177. The van der Waals surface area contributed by atoms with Crippen LogP contribution in [0.15, 0.2) is 0 Å². The SMILES string of the molecule is CC(=O)OC12CCC(O)CCC1C2. The van der Waals surface area contributed by atoms with Crippen LogP contribution in [0.3, 0.4) is 0 Å². The molecular weight excluding hydrogens is 168 g/mol. The number of hydrogen-bond donors (Lipinski definition) is 1. The van der Waals surface area contributed by atoms with E-state index in [0.717, 1.165) is 32.1 Å². The molecule has 0 spiro atoms. The zero-order valence-electron chi connectivity index (χ0n) is 7.95. The van der Waals surface area contributed by atoms with E-state index in [4.69, 9.17) is 4.74 Å². The van der Waals surface area contributed by atoms with Gasteiger partial charge in [-0.3, -0.25) is 4.79 Å². The van der Waals surface area contributed by atoms with Gasteiger partial charge in [-0.05, 0) is 32.1 Å². The van der Waals surface area contributed by atoms with E-state index in [1.54, 1.807) is 0 Å². The van der Waals surface area contributed by atoms with Gasteiger partial charge in [0.15, 0.2) is 0 Å². The second-order valence-electron chi connectivity index (χ2n) is 4.33. The third-order valence-electron chi connectivity index (χ3n) is 3.27. The normalized spacial score (nSPS) is 43.2. The molecule has 2 fully saturated rings. The van der Waals surface area contributed by atoms with Crippen LogP contribution in [0.25, 0.3) is 0 Å². The molecule has 2 aliphatic carbocycles. The standard InChI is InChI=1S/C10H16O3/c1-7(11)13-10-5-4-9(12)3-2-8(10)6-10/h8-9,12H,2-6H2,1H3. The Kier molecular flexibility index (Phi) is 2.06. The lowest BCUT2D eigenvalue weighted by Gasteiger charge is -2.15. The highest BCUT2D eigenvalue weighted by Crippen LogP contribution is 2.55. The molecule has 0 heterocycles. The Bertz CT molecular complexity index is 226. The zero-order chi connectivity index (χ0) is 9.47. The lowest BCUT2D eigenvalue weighted by Crippen LogP contribution is -2.20. The minimum atomic E-state index is -0.182. The number of ether oxygens (including phenoxy) is 1. The van der Waals surface area contributed by atoms with Gasteiger partial charge >= 0.3 is 5.97 Å². The summed E-state index contributed by atoms with van der Waals surface area (Å²) in [5.41, 5.74) is -0.177. The van der Waals surface area contributed by atoms with Crippen molar-refractivity contribution < 1.29 is 14.6 Å². The highest BCUT2D eigenvalue weighted by molar-refractivity contribution is 5.67. The van der Waals surface area contributed by atoms with Crippen LogP contribution in [-0.4, -0.2) is 22.8 Å². The predicted molar refractivity (Wildman–Crippen MR) is 47.1 cm³/mol. The van der Waals surface area contributed by atoms with Crippen LogP contribution in [0.1, 0.15) is 39.0 Å². The van der Waals surface area contributed by atoms with E-state index in [0.29, 0.717) is 5.92 Å². The number of aliphatic hydroxyl groups is 1. The molecule has 0 radical (unpaired) electrons. The van der Waals surface area contributed by atoms with Crippen molar-refractivity contribution in [2.45, 2.75) is 50.7 Å². The van der Waals surface area contributed by atoms with Crippen LogP contribution < -0.4 is 0 Å². The summed E-state index contributed by atoms with van der Waals surface area (Å²) in [4.78, 5) is 10.9. The number of esters is 1. The van der Waals surface area contributed by atoms with E-state index < -0.39 is 0 Å². The summed E-state index contributed by atoms with van der Waals surface area (Å²) in [7, 11) is 0. The molecular formula is C10H16O3. The topological polar surface area (TPSA) is 46.5 Å². The third-order valence-corrected chi connectivity index (χ3v) is 3.27. The number of carbonyl (C=O) groups is 1. The van der Waals surface area contributed by atoms with Crippen molar-refractivity contribution in [3.05, 3.63) is 0 Å². The lowest BCUT2D eigenvalue weighted by atomic mass is 10.1. The molecule has 0 aliphatic heterocycles. The van der Waals surface area contributed by atoms with Crippen molar-refractivity contribution in [3.63, 3.8) is 0 Å². The van der Waals surface area contributed by atoms with Gasteiger partial charge in [-0.2, -0.15) is 0 Å². The molecule has 3 unspecified atom stereocenters. The molecule has 3 heteroatoms. The molecule has 0 aromatic heterocycles. The summed E-state index contributed by atoms with van der Waals surface area (Å²) in [6, 6.07) is 0. The molecule has 74 valence electrons. The maximum atomic E-state index is 10.9. The van der Waals surface area contributed by atoms with Crippen molar-refractivity contribution in [2.24, 2.45) is 5.92 Å². The fourth-order valence-electron chi connectivity index (χ4n) is 2.44. The van der Waals surface area contributed by atoms with Gasteiger partial charge in [-0.25, -0.2) is 0 Å². The molecule has 2 saturated carbocycles. The van der Waals surface area contributed by atoms with E-state index in [-0.39, 0.29) is 17.7 Å². The first kappa shape index (κ1) is 9.00. The Labute approximate surface area is 78.1 Å². The first-order valence-electron chi connectivity index (χ1n) is 5.00. The number of aliphatic hydroxyl groups excluding tert-OH is 1. The quantitative estimate of drug-likeness (QED) is 0.624. The number of fused-ring (bicyclic) bond motifs is 1. The van der Waals surface area contributed by atoms with Gasteiger partial charge in [-0.15, -0.1) is 0 Å². The molecule has 1 N–H and O–H groups in total. The van der Waals surface area contributed by atoms with Gasteiger partial charge in [0.05, 0.1) is 6.10 Å². The monoisotopic (exact) mass is 184 g/mol. The fraction of sp³-hybridized carbons (Fsp3) is 0.900. The van der Waals surface area contributed by atoms with E-state index in [1.165, 1.54) is 6.92 Å². The average Bonchev–Trinajstić information content (AvgIpc) is 2.70. The highest BCUT2D eigenvalue weighted by atomic mass is 16.6. The predicted octanol–water partition coefficient (Wildman–Crippen LogP) is 1.24. The molecule has 0 aromatic rings. The number of rotatable bonds is 1. The van der Waals surface area contributed by atoms with Gasteiger partial charge in [0.1, 0.15) is 5.60 Å². The van der Waals surface area contributed by atoms with Crippen LogP contribution in [0.2, 0.25) is 0 Å². The van der Waals surface area contributed by atoms with Gasteiger partial charge in [0, 0.05) is 12.8 Å². The Morgan fingerprint density at radius 3 is 2.92 bits per heavy atom. The summed E-state index contributed by atoms with van der Waals surface area (Å²) in [6.07, 6.45) is 4.34. The van der Waals surface area contributed by atoms with Crippen LogP contribution in [0.4, 0.5) is 0 Å². The van der Waals surface area contributed by atoms with Crippen LogP contribution >= 0.6 is 0 Å². The maximum Gasteiger partial charge on any atom is 0.303 e. The molecule has 0 aromatic carbocycles. The van der Waals surface area contributed by atoms with Crippen LogP contribution in [0, 0.1) is 5.92 Å². The molecule has 0 saturated heterocycles. The van der Waals surface area contributed by atoms with Crippen molar-refractivity contribution >= 4 is 5.97 Å². The lowest BCUT2D eigenvalue weighted by molar-refractivity contribution is -0.149. The van der Waals surface area contributed by atoms with Crippen molar-refractivity contribution in [3.8, 4) is 0 Å². The molecule has 2 aliphatic rings. The van der Waals surface area contributed by atoms with Gasteiger partial charge < -0.3 is 9.84 Å².